The van der Waals surface area contributed by atoms with E-state index in [-0.39, 0.29) is 12.4 Å². The van der Waals surface area contributed by atoms with Crippen molar-refractivity contribution >= 4 is 12.4 Å². The van der Waals surface area contributed by atoms with Gasteiger partial charge in [-0.2, -0.15) is 0 Å². The second-order valence-electron chi connectivity index (χ2n) is 2.65. The number of hydrogen-bond donors (Lipinski definition) is 1. The highest BCUT2D eigenvalue weighted by Crippen LogP contribution is 2.21. The summed E-state index contributed by atoms with van der Waals surface area (Å²) in [4.78, 5) is 0. The van der Waals surface area contributed by atoms with Crippen LogP contribution in [0.25, 0.3) is 0 Å². The van der Waals surface area contributed by atoms with Gasteiger partial charge in [-0.25, -0.2) is 0 Å². The topological polar surface area (TPSA) is 21.3 Å². The van der Waals surface area contributed by atoms with Crippen molar-refractivity contribution in [2.45, 2.75) is 12.5 Å². The monoisotopic (exact) mass is 149 g/mol. The second-order valence-corrected chi connectivity index (χ2v) is 2.65. The van der Waals surface area contributed by atoms with E-state index in [0.717, 1.165) is 19.1 Å². The SMILES string of the molecule is C1C[C@H]2COC[C@H]2N1.Cl. The Labute approximate surface area is 61.4 Å². The molecule has 2 fully saturated rings. The fraction of sp³-hybridized carbons (Fsp3) is 1.00. The van der Waals surface area contributed by atoms with Crippen LogP contribution in [0.5, 0.6) is 0 Å². The molecule has 0 radical (unpaired) electrons. The summed E-state index contributed by atoms with van der Waals surface area (Å²) in [5, 5.41) is 3.39. The molecule has 2 heterocycles. The van der Waals surface area contributed by atoms with E-state index in [1.807, 2.05) is 0 Å². The van der Waals surface area contributed by atoms with Crippen molar-refractivity contribution in [3.63, 3.8) is 0 Å². The van der Waals surface area contributed by atoms with Gasteiger partial charge in [-0.05, 0) is 13.0 Å². The average Bonchev–Trinajstić information content (AvgIpc) is 2.15. The Hall–Kier alpha value is 0.210. The normalized spacial score (nSPS) is 40.0. The fourth-order valence-electron chi connectivity index (χ4n) is 1.56. The van der Waals surface area contributed by atoms with Gasteiger partial charge in [-0.15, -0.1) is 12.4 Å². The van der Waals surface area contributed by atoms with Crippen molar-refractivity contribution in [3.05, 3.63) is 0 Å². The summed E-state index contributed by atoms with van der Waals surface area (Å²) in [6.07, 6.45) is 1.32. The molecule has 9 heavy (non-hydrogen) atoms. The van der Waals surface area contributed by atoms with Crippen LogP contribution in [0.15, 0.2) is 0 Å². The van der Waals surface area contributed by atoms with E-state index in [4.69, 9.17) is 4.74 Å². The quantitative estimate of drug-likeness (QED) is 0.539. The first-order valence-electron chi connectivity index (χ1n) is 3.28. The molecule has 0 spiro atoms. The summed E-state index contributed by atoms with van der Waals surface area (Å²) >= 11 is 0. The largest absolute Gasteiger partial charge is 0.379 e. The van der Waals surface area contributed by atoms with Crippen LogP contribution >= 0.6 is 12.4 Å². The minimum atomic E-state index is 0. The zero-order valence-corrected chi connectivity index (χ0v) is 6.12. The Balaban J connectivity index is 0.000000405. The maximum Gasteiger partial charge on any atom is 0.0623 e. The van der Waals surface area contributed by atoms with Gasteiger partial charge in [0.15, 0.2) is 0 Å². The number of nitrogens with one attached hydrogen (secondary N) is 1. The lowest BCUT2D eigenvalue weighted by Crippen LogP contribution is -2.25. The van der Waals surface area contributed by atoms with Gasteiger partial charge in [-0.3, -0.25) is 0 Å². The third-order valence-electron chi connectivity index (χ3n) is 2.12. The van der Waals surface area contributed by atoms with Crippen molar-refractivity contribution in [2.75, 3.05) is 19.8 Å². The first kappa shape index (κ1) is 7.32. The van der Waals surface area contributed by atoms with E-state index >= 15 is 0 Å². The molecular weight excluding hydrogens is 138 g/mol. The van der Waals surface area contributed by atoms with Gasteiger partial charge < -0.3 is 10.1 Å². The number of halogens is 1. The molecule has 3 heteroatoms. The maximum absolute atomic E-state index is 5.25. The van der Waals surface area contributed by atoms with E-state index in [2.05, 4.69) is 5.32 Å². The lowest BCUT2D eigenvalue weighted by Gasteiger charge is -2.02. The summed E-state index contributed by atoms with van der Waals surface area (Å²) in [6.45, 7) is 3.15. The molecule has 2 saturated heterocycles. The van der Waals surface area contributed by atoms with Gasteiger partial charge in [0.05, 0.1) is 13.2 Å². The highest BCUT2D eigenvalue weighted by molar-refractivity contribution is 5.85. The van der Waals surface area contributed by atoms with Crippen molar-refractivity contribution < 1.29 is 4.74 Å². The molecule has 2 aliphatic rings. The molecule has 2 atom stereocenters. The summed E-state index contributed by atoms with van der Waals surface area (Å²) in [7, 11) is 0. The van der Waals surface area contributed by atoms with Crippen LogP contribution in [0, 0.1) is 5.92 Å². The Morgan fingerprint density at radius 2 is 2.22 bits per heavy atom. The first-order chi connectivity index (χ1) is 3.97. The average molecular weight is 150 g/mol. The molecule has 2 aliphatic heterocycles. The lowest BCUT2D eigenvalue weighted by atomic mass is 10.1. The second kappa shape index (κ2) is 2.86. The number of rotatable bonds is 0. The molecule has 2 rings (SSSR count). The van der Waals surface area contributed by atoms with Crippen molar-refractivity contribution in [1.82, 2.24) is 5.32 Å². The van der Waals surface area contributed by atoms with Crippen molar-refractivity contribution in [2.24, 2.45) is 5.92 Å². The van der Waals surface area contributed by atoms with Crippen molar-refractivity contribution in [3.8, 4) is 0 Å². The van der Waals surface area contributed by atoms with Crippen LogP contribution in [-0.4, -0.2) is 25.8 Å². The van der Waals surface area contributed by atoms with Crippen LogP contribution in [-0.2, 0) is 4.74 Å². The van der Waals surface area contributed by atoms with E-state index in [1.54, 1.807) is 0 Å². The summed E-state index contributed by atoms with van der Waals surface area (Å²) in [5.74, 6) is 0.843. The van der Waals surface area contributed by atoms with Crippen LogP contribution in [0.3, 0.4) is 0 Å². The van der Waals surface area contributed by atoms with E-state index < -0.39 is 0 Å². The van der Waals surface area contributed by atoms with Crippen LogP contribution < -0.4 is 5.32 Å². The van der Waals surface area contributed by atoms with Gasteiger partial charge in [0, 0.05) is 12.0 Å². The predicted molar refractivity (Wildman–Crippen MR) is 38.0 cm³/mol. The molecule has 54 valence electrons. The highest BCUT2D eigenvalue weighted by Gasteiger charge is 2.31. The number of hydrogen-bond acceptors (Lipinski definition) is 2. The van der Waals surface area contributed by atoms with Gasteiger partial charge in [-0.1, -0.05) is 0 Å². The standard InChI is InChI=1S/C6H11NO.ClH/c1-2-7-6-4-8-3-5(1)6;/h5-7H,1-4H2;1H/t5-,6+;/m0./s1. The number of ether oxygens (including phenoxy) is 1. The molecule has 2 nitrogen and oxygen atoms in total. The fourth-order valence-corrected chi connectivity index (χ4v) is 1.56. The van der Waals surface area contributed by atoms with Crippen LogP contribution in [0.2, 0.25) is 0 Å². The first-order valence-corrected chi connectivity index (χ1v) is 3.28. The van der Waals surface area contributed by atoms with Gasteiger partial charge >= 0.3 is 0 Å². The predicted octanol–water partition coefficient (Wildman–Crippen LogP) is 0.416. The Morgan fingerprint density at radius 3 is 3.00 bits per heavy atom. The molecule has 0 unspecified atom stereocenters. The maximum atomic E-state index is 5.25. The lowest BCUT2D eigenvalue weighted by molar-refractivity contribution is 0.177. The van der Waals surface area contributed by atoms with E-state index in [9.17, 15) is 0 Å². The summed E-state index contributed by atoms with van der Waals surface area (Å²) in [6, 6.07) is 0.704. The third-order valence-corrected chi connectivity index (χ3v) is 2.12. The third kappa shape index (κ3) is 1.20. The molecule has 0 aromatic heterocycles. The summed E-state index contributed by atoms with van der Waals surface area (Å²) < 4.78 is 5.25. The summed E-state index contributed by atoms with van der Waals surface area (Å²) in [5.41, 5.74) is 0. The molecular formula is C6H12ClNO. The van der Waals surface area contributed by atoms with Gasteiger partial charge in [0.2, 0.25) is 0 Å². The highest BCUT2D eigenvalue weighted by atomic mass is 35.5. The molecule has 0 aromatic carbocycles. The van der Waals surface area contributed by atoms with Crippen molar-refractivity contribution in [1.29, 1.82) is 0 Å². The van der Waals surface area contributed by atoms with E-state index in [1.165, 1.54) is 13.0 Å². The van der Waals surface area contributed by atoms with Crippen LogP contribution in [0.4, 0.5) is 0 Å². The Kier molecular flexibility index (Phi) is 2.33. The minimum absolute atomic E-state index is 0. The van der Waals surface area contributed by atoms with Gasteiger partial charge in [0.1, 0.15) is 0 Å². The van der Waals surface area contributed by atoms with E-state index in [0.29, 0.717) is 6.04 Å². The Bertz CT molecular complexity index is 79.1. The van der Waals surface area contributed by atoms with Crippen LogP contribution in [0.1, 0.15) is 6.42 Å². The Morgan fingerprint density at radius 1 is 1.33 bits per heavy atom. The van der Waals surface area contributed by atoms with Gasteiger partial charge in [0.25, 0.3) is 0 Å². The zero-order chi connectivity index (χ0) is 5.40. The molecule has 0 aromatic rings. The molecule has 0 amide bonds. The number of fused-ring (bicyclic) bond motifs is 1. The zero-order valence-electron chi connectivity index (χ0n) is 5.30. The minimum Gasteiger partial charge on any atom is -0.379 e. The molecule has 0 bridgehead atoms. The smallest absolute Gasteiger partial charge is 0.0623 e. The molecule has 0 aliphatic carbocycles. The molecule has 1 N–H and O–H groups in total. The molecule has 0 saturated carbocycles.